The van der Waals surface area contributed by atoms with Gasteiger partial charge < -0.3 is 4.90 Å². The van der Waals surface area contributed by atoms with Crippen molar-refractivity contribution in [3.05, 3.63) is 28.2 Å². The van der Waals surface area contributed by atoms with Crippen LogP contribution in [-0.4, -0.2) is 13.1 Å². The minimum Gasteiger partial charge on any atom is -0.372 e. The lowest BCUT2D eigenvalue weighted by Crippen LogP contribution is -2.18. The standard InChI is InChI=1S/C11H11BrF3N/c12-10-4-3-8(16-5-1-2-6-16)7-9(10)11(13,14)15/h3-4,7H,1-2,5-6H2. The lowest BCUT2D eigenvalue weighted by atomic mass is 10.2. The van der Waals surface area contributed by atoms with Crippen molar-refractivity contribution in [1.29, 1.82) is 0 Å². The summed E-state index contributed by atoms with van der Waals surface area (Å²) in [6.07, 6.45) is -2.19. The van der Waals surface area contributed by atoms with Gasteiger partial charge in [0.15, 0.2) is 0 Å². The molecule has 0 atom stereocenters. The number of rotatable bonds is 1. The molecule has 1 aliphatic heterocycles. The predicted octanol–water partition coefficient (Wildman–Crippen LogP) is 4.07. The van der Waals surface area contributed by atoms with E-state index in [4.69, 9.17) is 0 Å². The number of anilines is 1. The molecule has 0 spiro atoms. The predicted molar refractivity (Wildman–Crippen MR) is 60.6 cm³/mol. The Morgan fingerprint density at radius 2 is 1.75 bits per heavy atom. The van der Waals surface area contributed by atoms with Gasteiger partial charge in [-0.1, -0.05) is 15.9 Å². The zero-order chi connectivity index (χ0) is 11.8. The number of benzene rings is 1. The number of hydrogen-bond acceptors (Lipinski definition) is 1. The Kier molecular flexibility index (Phi) is 3.15. The minimum atomic E-state index is -4.30. The average molecular weight is 294 g/mol. The Morgan fingerprint density at radius 1 is 1.12 bits per heavy atom. The van der Waals surface area contributed by atoms with Gasteiger partial charge in [-0.05, 0) is 31.0 Å². The van der Waals surface area contributed by atoms with Gasteiger partial charge in [-0.3, -0.25) is 0 Å². The fourth-order valence-electron chi connectivity index (χ4n) is 1.90. The molecule has 0 aromatic heterocycles. The van der Waals surface area contributed by atoms with Gasteiger partial charge in [0.25, 0.3) is 0 Å². The summed E-state index contributed by atoms with van der Waals surface area (Å²) in [5, 5.41) is 0. The van der Waals surface area contributed by atoms with E-state index in [1.807, 2.05) is 4.90 Å². The fourth-order valence-corrected chi connectivity index (χ4v) is 2.37. The van der Waals surface area contributed by atoms with Crippen molar-refractivity contribution >= 4 is 21.6 Å². The van der Waals surface area contributed by atoms with Crippen molar-refractivity contribution in [2.75, 3.05) is 18.0 Å². The molecule has 0 unspecified atom stereocenters. The highest BCUT2D eigenvalue weighted by molar-refractivity contribution is 9.10. The van der Waals surface area contributed by atoms with E-state index >= 15 is 0 Å². The van der Waals surface area contributed by atoms with Gasteiger partial charge in [0.05, 0.1) is 5.56 Å². The first kappa shape index (κ1) is 11.8. The van der Waals surface area contributed by atoms with Crippen molar-refractivity contribution in [2.24, 2.45) is 0 Å². The Labute approximate surface area is 100 Å². The third-order valence-electron chi connectivity index (χ3n) is 2.73. The van der Waals surface area contributed by atoms with Crippen molar-refractivity contribution in [1.82, 2.24) is 0 Å². The maximum atomic E-state index is 12.7. The van der Waals surface area contributed by atoms with E-state index < -0.39 is 11.7 Å². The molecule has 88 valence electrons. The zero-order valence-electron chi connectivity index (χ0n) is 8.52. The maximum absolute atomic E-state index is 12.7. The fraction of sp³-hybridized carbons (Fsp3) is 0.455. The van der Waals surface area contributed by atoms with Crippen molar-refractivity contribution < 1.29 is 13.2 Å². The third-order valence-corrected chi connectivity index (χ3v) is 3.42. The molecule has 1 fully saturated rings. The van der Waals surface area contributed by atoms with Crippen molar-refractivity contribution in [3.8, 4) is 0 Å². The average Bonchev–Trinajstić information content (AvgIpc) is 2.69. The first-order valence-corrected chi connectivity index (χ1v) is 5.89. The van der Waals surface area contributed by atoms with Crippen LogP contribution >= 0.6 is 15.9 Å². The smallest absolute Gasteiger partial charge is 0.372 e. The Hall–Kier alpha value is -0.710. The van der Waals surface area contributed by atoms with Gasteiger partial charge in [-0.25, -0.2) is 0 Å². The SMILES string of the molecule is FC(F)(F)c1cc(N2CCCC2)ccc1Br. The van der Waals surface area contributed by atoms with Crippen LogP contribution in [0.3, 0.4) is 0 Å². The second-order valence-corrected chi connectivity index (χ2v) is 4.71. The van der Waals surface area contributed by atoms with Gasteiger partial charge >= 0.3 is 6.18 Å². The quantitative estimate of drug-likeness (QED) is 0.754. The van der Waals surface area contributed by atoms with Crippen LogP contribution in [0.5, 0.6) is 0 Å². The summed E-state index contributed by atoms with van der Waals surface area (Å²) in [5.74, 6) is 0. The highest BCUT2D eigenvalue weighted by atomic mass is 79.9. The summed E-state index contributed by atoms with van der Waals surface area (Å²) in [6.45, 7) is 1.69. The van der Waals surface area contributed by atoms with Gasteiger partial charge in [-0.2, -0.15) is 13.2 Å². The normalized spacial score (nSPS) is 16.9. The van der Waals surface area contributed by atoms with E-state index in [2.05, 4.69) is 15.9 Å². The van der Waals surface area contributed by atoms with Crippen LogP contribution in [-0.2, 0) is 6.18 Å². The molecule has 16 heavy (non-hydrogen) atoms. The van der Waals surface area contributed by atoms with E-state index in [-0.39, 0.29) is 4.47 Å². The molecule has 1 aromatic rings. The van der Waals surface area contributed by atoms with Crippen molar-refractivity contribution in [3.63, 3.8) is 0 Å². The highest BCUT2D eigenvalue weighted by Crippen LogP contribution is 2.37. The van der Waals surface area contributed by atoms with Crippen LogP contribution in [0.4, 0.5) is 18.9 Å². The second kappa shape index (κ2) is 4.28. The van der Waals surface area contributed by atoms with E-state index in [9.17, 15) is 13.2 Å². The molecule has 0 radical (unpaired) electrons. The summed E-state index contributed by atoms with van der Waals surface area (Å²) in [6, 6.07) is 4.41. The first-order valence-electron chi connectivity index (χ1n) is 5.10. The van der Waals surface area contributed by atoms with E-state index in [1.165, 1.54) is 12.1 Å². The molecule has 5 heteroatoms. The number of halogens is 4. The van der Waals surface area contributed by atoms with Crippen molar-refractivity contribution in [2.45, 2.75) is 19.0 Å². The molecular weight excluding hydrogens is 283 g/mol. The van der Waals surface area contributed by atoms with Gasteiger partial charge in [0, 0.05) is 23.2 Å². The molecule has 1 heterocycles. The summed E-state index contributed by atoms with van der Waals surface area (Å²) in [5.41, 5.74) is 0.0601. The van der Waals surface area contributed by atoms with E-state index in [0.29, 0.717) is 5.69 Å². The third kappa shape index (κ3) is 2.34. The number of hydrogen-bond donors (Lipinski definition) is 0. The van der Waals surface area contributed by atoms with Gasteiger partial charge in [0.2, 0.25) is 0 Å². The molecule has 0 bridgehead atoms. The topological polar surface area (TPSA) is 3.24 Å². The molecule has 1 aromatic carbocycles. The maximum Gasteiger partial charge on any atom is 0.417 e. The highest BCUT2D eigenvalue weighted by Gasteiger charge is 2.33. The lowest BCUT2D eigenvalue weighted by molar-refractivity contribution is -0.138. The van der Waals surface area contributed by atoms with E-state index in [1.54, 1.807) is 6.07 Å². The molecule has 1 nitrogen and oxygen atoms in total. The lowest BCUT2D eigenvalue weighted by Gasteiger charge is -2.19. The summed E-state index contributed by atoms with van der Waals surface area (Å²) < 4.78 is 38.1. The largest absolute Gasteiger partial charge is 0.417 e. The van der Waals surface area contributed by atoms with Crippen LogP contribution < -0.4 is 4.90 Å². The molecule has 0 N–H and O–H groups in total. The summed E-state index contributed by atoms with van der Waals surface area (Å²) >= 11 is 2.94. The second-order valence-electron chi connectivity index (χ2n) is 3.86. The number of nitrogens with zero attached hydrogens (tertiary/aromatic N) is 1. The van der Waals surface area contributed by atoms with Crippen LogP contribution in [0.15, 0.2) is 22.7 Å². The Balaban J connectivity index is 2.35. The molecular formula is C11H11BrF3N. The van der Waals surface area contributed by atoms with Gasteiger partial charge in [0.1, 0.15) is 0 Å². The minimum absolute atomic E-state index is 0.1000. The molecule has 1 aliphatic rings. The molecule has 0 amide bonds. The summed E-state index contributed by atoms with van der Waals surface area (Å²) in [4.78, 5) is 1.99. The Bertz CT molecular complexity index is 383. The first-order chi connectivity index (χ1) is 7.48. The van der Waals surface area contributed by atoms with Crippen LogP contribution in [0.2, 0.25) is 0 Å². The van der Waals surface area contributed by atoms with Crippen LogP contribution in [0.25, 0.3) is 0 Å². The van der Waals surface area contributed by atoms with Gasteiger partial charge in [-0.15, -0.1) is 0 Å². The molecule has 0 aliphatic carbocycles. The Morgan fingerprint density at radius 3 is 2.31 bits per heavy atom. The van der Waals surface area contributed by atoms with E-state index in [0.717, 1.165) is 25.9 Å². The molecule has 2 rings (SSSR count). The molecule has 0 saturated carbocycles. The van der Waals surface area contributed by atoms with Crippen LogP contribution in [0.1, 0.15) is 18.4 Å². The van der Waals surface area contributed by atoms with Crippen LogP contribution in [0, 0.1) is 0 Å². The molecule has 1 saturated heterocycles. The zero-order valence-corrected chi connectivity index (χ0v) is 10.1. The number of alkyl halides is 3. The monoisotopic (exact) mass is 293 g/mol. The summed E-state index contributed by atoms with van der Waals surface area (Å²) in [7, 11) is 0.